The van der Waals surface area contributed by atoms with Gasteiger partial charge in [-0.3, -0.25) is 0 Å². The molecular formula is C9H15BrSi. The fourth-order valence-corrected chi connectivity index (χ4v) is 1.24. The van der Waals surface area contributed by atoms with Gasteiger partial charge in [0.05, 0.1) is 0 Å². The minimum atomic E-state index is -1.14. The Hall–Kier alpha value is -0.00312. The Morgan fingerprint density at radius 1 is 1.36 bits per heavy atom. The van der Waals surface area contributed by atoms with Crippen LogP contribution in [0.2, 0.25) is 19.6 Å². The van der Waals surface area contributed by atoms with Crippen LogP contribution in [0.15, 0.2) is 12.2 Å². The van der Waals surface area contributed by atoms with Gasteiger partial charge >= 0.3 is 0 Å². The van der Waals surface area contributed by atoms with Crippen molar-refractivity contribution in [3.05, 3.63) is 12.2 Å². The van der Waals surface area contributed by atoms with E-state index in [0.29, 0.717) is 0 Å². The molecule has 0 atom stereocenters. The second kappa shape index (κ2) is 5.62. The zero-order valence-electron chi connectivity index (χ0n) is 7.45. The van der Waals surface area contributed by atoms with E-state index in [4.69, 9.17) is 0 Å². The summed E-state index contributed by atoms with van der Waals surface area (Å²) >= 11 is 3.35. The second-order valence-corrected chi connectivity index (χ2v) is 8.94. The number of allylic oxidation sites excluding steroid dienone is 2. The molecule has 0 saturated carbocycles. The topological polar surface area (TPSA) is 0 Å². The fourth-order valence-electron chi connectivity index (χ4n) is 0.463. The molecule has 0 saturated heterocycles. The van der Waals surface area contributed by atoms with E-state index in [1.54, 1.807) is 0 Å². The van der Waals surface area contributed by atoms with Crippen molar-refractivity contribution in [2.24, 2.45) is 0 Å². The molecule has 11 heavy (non-hydrogen) atoms. The average Bonchev–Trinajstić information content (AvgIpc) is 1.85. The van der Waals surface area contributed by atoms with Crippen molar-refractivity contribution in [2.45, 2.75) is 26.1 Å². The van der Waals surface area contributed by atoms with Gasteiger partial charge in [-0.15, -0.1) is 5.54 Å². The minimum Gasteiger partial charge on any atom is -0.127 e. The van der Waals surface area contributed by atoms with Gasteiger partial charge in [-0.25, -0.2) is 0 Å². The molecule has 0 N–H and O–H groups in total. The number of hydrogen-bond acceptors (Lipinski definition) is 0. The Kier molecular flexibility index (Phi) is 5.62. The van der Waals surface area contributed by atoms with Crippen LogP contribution in [0.4, 0.5) is 0 Å². The molecule has 0 rings (SSSR count). The smallest absolute Gasteiger partial charge is 0.127 e. The summed E-state index contributed by atoms with van der Waals surface area (Å²) in [5.74, 6) is 3.07. The molecule has 62 valence electrons. The van der Waals surface area contributed by atoms with E-state index >= 15 is 0 Å². The highest BCUT2D eigenvalue weighted by Crippen LogP contribution is 1.96. The zero-order valence-corrected chi connectivity index (χ0v) is 10.0. The van der Waals surface area contributed by atoms with Crippen LogP contribution in [0.1, 0.15) is 6.42 Å². The lowest BCUT2D eigenvalue weighted by atomic mass is 10.4. The highest BCUT2D eigenvalue weighted by Gasteiger charge is 2.06. The van der Waals surface area contributed by atoms with Gasteiger partial charge < -0.3 is 0 Å². The lowest BCUT2D eigenvalue weighted by molar-refractivity contribution is 1.26. The van der Waals surface area contributed by atoms with Crippen LogP contribution in [-0.2, 0) is 0 Å². The van der Waals surface area contributed by atoms with E-state index in [1.165, 1.54) is 0 Å². The first-order valence-corrected chi connectivity index (χ1v) is 8.42. The number of halogens is 1. The van der Waals surface area contributed by atoms with Gasteiger partial charge in [0.25, 0.3) is 0 Å². The molecule has 0 aliphatic heterocycles. The van der Waals surface area contributed by atoms with E-state index < -0.39 is 8.07 Å². The van der Waals surface area contributed by atoms with Gasteiger partial charge in [-0.1, -0.05) is 47.6 Å². The molecule has 0 aliphatic rings. The predicted octanol–water partition coefficient (Wildman–Crippen LogP) is 3.21. The Labute approximate surface area is 79.2 Å². The van der Waals surface area contributed by atoms with Gasteiger partial charge in [-0.2, -0.15) is 0 Å². The van der Waals surface area contributed by atoms with Crippen LogP contribution < -0.4 is 0 Å². The first kappa shape index (κ1) is 11.0. The molecule has 2 heteroatoms. The highest BCUT2D eigenvalue weighted by atomic mass is 79.9. The largest absolute Gasteiger partial charge is 0.129 e. The van der Waals surface area contributed by atoms with Crippen LogP contribution in [0.5, 0.6) is 0 Å². The van der Waals surface area contributed by atoms with Gasteiger partial charge in [0.1, 0.15) is 8.07 Å². The summed E-state index contributed by atoms with van der Waals surface area (Å²) in [4.78, 5) is 0. The molecule has 0 aromatic heterocycles. The number of rotatable bonds is 2. The maximum Gasteiger partial charge on any atom is 0.129 e. The van der Waals surface area contributed by atoms with Gasteiger partial charge in [-0.05, 0) is 12.5 Å². The van der Waals surface area contributed by atoms with Crippen LogP contribution in [0.25, 0.3) is 0 Å². The minimum absolute atomic E-state index is 1.03. The van der Waals surface area contributed by atoms with Crippen LogP contribution in [0, 0.1) is 11.5 Å². The van der Waals surface area contributed by atoms with E-state index in [2.05, 4.69) is 53.1 Å². The summed E-state index contributed by atoms with van der Waals surface area (Å²) in [6, 6.07) is 0. The average molecular weight is 231 g/mol. The summed E-state index contributed by atoms with van der Waals surface area (Å²) in [5.41, 5.74) is 3.27. The summed E-state index contributed by atoms with van der Waals surface area (Å²) in [7, 11) is -1.14. The molecule has 0 amide bonds. The van der Waals surface area contributed by atoms with E-state index in [-0.39, 0.29) is 0 Å². The quantitative estimate of drug-likeness (QED) is 0.389. The lowest BCUT2D eigenvalue weighted by Gasteiger charge is -2.01. The number of alkyl halides is 1. The van der Waals surface area contributed by atoms with Crippen molar-refractivity contribution in [1.29, 1.82) is 0 Å². The molecule has 0 radical (unpaired) electrons. The molecule has 0 aliphatic carbocycles. The van der Waals surface area contributed by atoms with Crippen LogP contribution in [0.3, 0.4) is 0 Å². The highest BCUT2D eigenvalue weighted by molar-refractivity contribution is 9.09. The molecule has 0 aromatic rings. The summed E-state index contributed by atoms with van der Waals surface area (Å²) < 4.78 is 0. The molecule has 0 fully saturated rings. The molecular weight excluding hydrogens is 216 g/mol. The molecule has 0 aromatic carbocycles. The monoisotopic (exact) mass is 230 g/mol. The molecule has 0 heterocycles. The van der Waals surface area contributed by atoms with E-state index in [0.717, 1.165) is 11.8 Å². The third kappa shape index (κ3) is 10.00. The Bertz CT molecular complexity index is 178. The van der Waals surface area contributed by atoms with E-state index in [1.807, 2.05) is 6.08 Å². The first-order valence-electron chi connectivity index (χ1n) is 3.80. The third-order valence-corrected chi connectivity index (χ3v) is 2.28. The summed E-state index contributed by atoms with van der Waals surface area (Å²) in [5, 5.41) is 1.03. The SMILES string of the molecule is C[Si](C)(C)C#C/C=C\CCBr. The summed E-state index contributed by atoms with van der Waals surface area (Å²) in [6.07, 6.45) is 5.13. The third-order valence-electron chi connectivity index (χ3n) is 0.924. The van der Waals surface area contributed by atoms with Gasteiger partial charge in [0.2, 0.25) is 0 Å². The maximum atomic E-state index is 3.35. The van der Waals surface area contributed by atoms with Crippen LogP contribution >= 0.6 is 15.9 Å². The Morgan fingerprint density at radius 2 is 2.00 bits per heavy atom. The van der Waals surface area contributed by atoms with Crippen molar-refractivity contribution in [2.75, 3.05) is 5.33 Å². The summed E-state index contributed by atoms with van der Waals surface area (Å²) in [6.45, 7) is 6.75. The van der Waals surface area contributed by atoms with Crippen LogP contribution in [-0.4, -0.2) is 13.4 Å². The normalized spacial score (nSPS) is 11.3. The second-order valence-electron chi connectivity index (χ2n) is 3.40. The zero-order chi connectivity index (χ0) is 8.74. The van der Waals surface area contributed by atoms with Crippen molar-refractivity contribution in [3.8, 4) is 11.5 Å². The van der Waals surface area contributed by atoms with E-state index in [9.17, 15) is 0 Å². The van der Waals surface area contributed by atoms with Crippen molar-refractivity contribution in [1.82, 2.24) is 0 Å². The van der Waals surface area contributed by atoms with Gasteiger partial charge in [0.15, 0.2) is 0 Å². The molecule has 0 unspecified atom stereocenters. The molecule has 0 bridgehead atoms. The first-order chi connectivity index (χ1) is 5.06. The Balaban J connectivity index is 3.72. The molecule has 0 nitrogen and oxygen atoms in total. The van der Waals surface area contributed by atoms with Gasteiger partial charge in [0, 0.05) is 5.33 Å². The maximum absolute atomic E-state index is 3.35. The number of hydrogen-bond donors (Lipinski definition) is 0. The van der Waals surface area contributed by atoms with Crippen molar-refractivity contribution in [3.63, 3.8) is 0 Å². The predicted molar refractivity (Wildman–Crippen MR) is 58.7 cm³/mol. The van der Waals surface area contributed by atoms with Crippen molar-refractivity contribution < 1.29 is 0 Å². The Morgan fingerprint density at radius 3 is 2.45 bits per heavy atom. The lowest BCUT2D eigenvalue weighted by Crippen LogP contribution is -2.16. The van der Waals surface area contributed by atoms with Crippen molar-refractivity contribution >= 4 is 24.0 Å². The standard InChI is InChI=1S/C9H15BrSi/c1-11(2,3)9-7-5-4-6-8-10/h4-5H,6,8H2,1-3H3/b5-4-. The molecule has 0 spiro atoms. The fraction of sp³-hybridized carbons (Fsp3) is 0.556.